The van der Waals surface area contributed by atoms with Gasteiger partial charge in [-0.15, -0.1) is 0 Å². The SMILES string of the molecule is CCN1CCN(C2=C(c3ccc(C)c(C)c3)C(=O)N(C)C2=O)CC1. The summed E-state index contributed by atoms with van der Waals surface area (Å²) >= 11 is 0. The molecule has 0 spiro atoms. The van der Waals surface area contributed by atoms with Crippen molar-refractivity contribution in [2.75, 3.05) is 39.8 Å². The Morgan fingerprint density at radius 2 is 1.62 bits per heavy atom. The van der Waals surface area contributed by atoms with E-state index in [-0.39, 0.29) is 11.8 Å². The first-order valence-corrected chi connectivity index (χ1v) is 8.55. The summed E-state index contributed by atoms with van der Waals surface area (Å²) in [7, 11) is 1.57. The number of carbonyl (C=O) groups excluding carboxylic acids is 2. The number of likely N-dealkylation sites (N-methyl/N-ethyl adjacent to an activating group) is 2. The molecule has 1 aromatic carbocycles. The molecule has 1 aromatic rings. The van der Waals surface area contributed by atoms with Crippen molar-refractivity contribution in [3.63, 3.8) is 0 Å². The number of piperazine rings is 1. The molecular weight excluding hydrogens is 302 g/mol. The highest BCUT2D eigenvalue weighted by molar-refractivity contribution is 6.35. The van der Waals surface area contributed by atoms with Crippen LogP contribution in [0.4, 0.5) is 0 Å². The third-order valence-electron chi connectivity index (χ3n) is 5.19. The van der Waals surface area contributed by atoms with Crippen molar-refractivity contribution < 1.29 is 9.59 Å². The Kier molecular flexibility index (Phi) is 4.45. The summed E-state index contributed by atoms with van der Waals surface area (Å²) in [5.41, 5.74) is 4.28. The van der Waals surface area contributed by atoms with Gasteiger partial charge >= 0.3 is 0 Å². The molecule has 2 heterocycles. The second-order valence-corrected chi connectivity index (χ2v) is 6.61. The topological polar surface area (TPSA) is 43.9 Å². The summed E-state index contributed by atoms with van der Waals surface area (Å²) in [6.07, 6.45) is 0. The molecule has 0 atom stereocenters. The minimum atomic E-state index is -0.198. The predicted molar refractivity (Wildman–Crippen MR) is 94.3 cm³/mol. The maximum atomic E-state index is 12.7. The average Bonchev–Trinajstić information content (AvgIpc) is 2.82. The van der Waals surface area contributed by atoms with Gasteiger partial charge in [-0.3, -0.25) is 14.5 Å². The van der Waals surface area contributed by atoms with E-state index in [0.717, 1.165) is 43.9 Å². The van der Waals surface area contributed by atoms with Crippen molar-refractivity contribution in [3.05, 3.63) is 40.6 Å². The number of hydrogen-bond acceptors (Lipinski definition) is 4. The van der Waals surface area contributed by atoms with Crippen molar-refractivity contribution in [3.8, 4) is 0 Å². The third-order valence-corrected chi connectivity index (χ3v) is 5.19. The Bertz CT molecular complexity index is 715. The smallest absolute Gasteiger partial charge is 0.277 e. The van der Waals surface area contributed by atoms with Crippen LogP contribution < -0.4 is 0 Å². The Morgan fingerprint density at radius 3 is 2.21 bits per heavy atom. The molecule has 24 heavy (non-hydrogen) atoms. The lowest BCUT2D eigenvalue weighted by Crippen LogP contribution is -2.47. The van der Waals surface area contributed by atoms with E-state index >= 15 is 0 Å². The zero-order valence-corrected chi connectivity index (χ0v) is 14.9. The first kappa shape index (κ1) is 16.7. The quantitative estimate of drug-likeness (QED) is 0.792. The normalized spacial score (nSPS) is 19.7. The molecule has 0 bridgehead atoms. The maximum absolute atomic E-state index is 12.7. The molecule has 0 aliphatic carbocycles. The van der Waals surface area contributed by atoms with Gasteiger partial charge in [0.25, 0.3) is 11.8 Å². The van der Waals surface area contributed by atoms with E-state index in [9.17, 15) is 9.59 Å². The summed E-state index contributed by atoms with van der Waals surface area (Å²) in [4.78, 5) is 31.1. The van der Waals surface area contributed by atoms with Crippen LogP contribution in [0.3, 0.4) is 0 Å². The highest BCUT2D eigenvalue weighted by Gasteiger charge is 2.40. The number of amides is 2. The fourth-order valence-electron chi connectivity index (χ4n) is 3.37. The van der Waals surface area contributed by atoms with Gasteiger partial charge in [-0.05, 0) is 37.1 Å². The molecule has 128 valence electrons. The lowest BCUT2D eigenvalue weighted by molar-refractivity contribution is -0.136. The van der Waals surface area contributed by atoms with Crippen LogP contribution in [0, 0.1) is 13.8 Å². The Labute approximate surface area is 143 Å². The van der Waals surface area contributed by atoms with Gasteiger partial charge in [-0.1, -0.05) is 25.1 Å². The maximum Gasteiger partial charge on any atom is 0.277 e. The molecular formula is C19H25N3O2. The van der Waals surface area contributed by atoms with Gasteiger partial charge in [0.1, 0.15) is 5.70 Å². The second kappa shape index (κ2) is 6.40. The first-order chi connectivity index (χ1) is 11.4. The molecule has 2 amide bonds. The van der Waals surface area contributed by atoms with Crippen molar-refractivity contribution in [1.82, 2.24) is 14.7 Å². The third kappa shape index (κ3) is 2.73. The molecule has 1 fully saturated rings. The van der Waals surface area contributed by atoms with Crippen LogP contribution in [0.5, 0.6) is 0 Å². The number of aryl methyl sites for hydroxylation is 2. The van der Waals surface area contributed by atoms with Gasteiger partial charge in [0.05, 0.1) is 5.57 Å². The van der Waals surface area contributed by atoms with Crippen LogP contribution in [0.1, 0.15) is 23.6 Å². The minimum absolute atomic E-state index is 0.182. The van der Waals surface area contributed by atoms with Crippen LogP contribution in [0.15, 0.2) is 23.9 Å². The zero-order valence-electron chi connectivity index (χ0n) is 14.9. The summed E-state index contributed by atoms with van der Waals surface area (Å²) in [5.74, 6) is -0.380. The monoisotopic (exact) mass is 327 g/mol. The van der Waals surface area contributed by atoms with Gasteiger partial charge < -0.3 is 9.80 Å². The molecule has 5 nitrogen and oxygen atoms in total. The largest absolute Gasteiger partial charge is 0.364 e. The zero-order chi connectivity index (χ0) is 17.4. The number of rotatable bonds is 3. The van der Waals surface area contributed by atoms with Crippen LogP contribution in [-0.4, -0.2) is 66.3 Å². The van der Waals surface area contributed by atoms with E-state index in [0.29, 0.717) is 11.3 Å². The fourth-order valence-corrected chi connectivity index (χ4v) is 3.37. The Hall–Kier alpha value is -2.14. The van der Waals surface area contributed by atoms with Gasteiger partial charge in [0.2, 0.25) is 0 Å². The highest BCUT2D eigenvalue weighted by Crippen LogP contribution is 2.32. The Morgan fingerprint density at radius 1 is 0.958 bits per heavy atom. The summed E-state index contributed by atoms with van der Waals surface area (Å²) in [6, 6.07) is 5.97. The molecule has 1 saturated heterocycles. The van der Waals surface area contributed by atoms with Crippen LogP contribution in [-0.2, 0) is 9.59 Å². The van der Waals surface area contributed by atoms with Gasteiger partial charge in [0.15, 0.2) is 0 Å². The molecule has 5 heteroatoms. The Balaban J connectivity index is 2.03. The number of nitrogens with zero attached hydrogens (tertiary/aromatic N) is 3. The van der Waals surface area contributed by atoms with Crippen molar-refractivity contribution in [2.24, 2.45) is 0 Å². The summed E-state index contributed by atoms with van der Waals surface area (Å²) in [5, 5.41) is 0. The molecule has 0 unspecified atom stereocenters. The first-order valence-electron chi connectivity index (χ1n) is 8.55. The van der Waals surface area contributed by atoms with Crippen LogP contribution >= 0.6 is 0 Å². The number of imide groups is 1. The van der Waals surface area contributed by atoms with Crippen LogP contribution in [0.25, 0.3) is 5.57 Å². The number of benzene rings is 1. The van der Waals surface area contributed by atoms with Crippen molar-refractivity contribution in [2.45, 2.75) is 20.8 Å². The van der Waals surface area contributed by atoms with E-state index in [1.807, 2.05) is 32.0 Å². The molecule has 0 aromatic heterocycles. The average molecular weight is 327 g/mol. The second-order valence-electron chi connectivity index (χ2n) is 6.61. The molecule has 0 saturated carbocycles. The number of carbonyl (C=O) groups is 2. The van der Waals surface area contributed by atoms with Crippen LogP contribution in [0.2, 0.25) is 0 Å². The molecule has 0 radical (unpaired) electrons. The van der Waals surface area contributed by atoms with E-state index in [1.165, 1.54) is 10.5 Å². The lowest BCUT2D eigenvalue weighted by atomic mass is 9.99. The van der Waals surface area contributed by atoms with Gasteiger partial charge in [-0.25, -0.2) is 0 Å². The van der Waals surface area contributed by atoms with Crippen molar-refractivity contribution >= 4 is 17.4 Å². The summed E-state index contributed by atoms with van der Waals surface area (Å²) < 4.78 is 0. The molecule has 3 rings (SSSR count). The molecule has 2 aliphatic heterocycles. The summed E-state index contributed by atoms with van der Waals surface area (Å²) in [6.45, 7) is 10.7. The number of hydrogen-bond donors (Lipinski definition) is 0. The minimum Gasteiger partial charge on any atom is -0.364 e. The standard InChI is InChI=1S/C19H25N3O2/c1-5-21-8-10-22(11-9-21)17-16(18(23)20(4)19(17)24)15-7-6-13(2)14(3)12-15/h6-7,12H,5,8-11H2,1-4H3. The van der Waals surface area contributed by atoms with E-state index < -0.39 is 0 Å². The molecule has 2 aliphatic rings. The van der Waals surface area contributed by atoms with E-state index in [1.54, 1.807) is 7.05 Å². The van der Waals surface area contributed by atoms with Gasteiger partial charge in [0, 0.05) is 33.2 Å². The predicted octanol–water partition coefficient (Wildman–Crippen LogP) is 1.65. The van der Waals surface area contributed by atoms with Gasteiger partial charge in [-0.2, -0.15) is 0 Å². The molecule has 0 N–H and O–H groups in total. The fraction of sp³-hybridized carbons (Fsp3) is 0.474. The lowest BCUT2D eigenvalue weighted by Gasteiger charge is -2.35. The highest BCUT2D eigenvalue weighted by atomic mass is 16.2. The van der Waals surface area contributed by atoms with E-state index in [2.05, 4.69) is 16.7 Å². The van der Waals surface area contributed by atoms with E-state index in [4.69, 9.17) is 0 Å². The van der Waals surface area contributed by atoms with Crippen molar-refractivity contribution in [1.29, 1.82) is 0 Å².